The molecule has 1 saturated carbocycles. The Hall–Kier alpha value is -3.12. The Bertz CT molecular complexity index is 1120. The van der Waals surface area contributed by atoms with Gasteiger partial charge in [-0.05, 0) is 43.7 Å². The first-order valence-electron chi connectivity index (χ1n) is 12.2. The number of anilines is 2. The molecule has 3 aromatic rings. The molecule has 0 bridgehead atoms. The quantitative estimate of drug-likeness (QED) is 0.582. The van der Waals surface area contributed by atoms with Gasteiger partial charge in [-0.2, -0.15) is 5.10 Å². The molecule has 5 rings (SSSR count). The molecule has 2 aromatic carbocycles. The number of nitrogens with one attached hydrogen (secondary N) is 2. The maximum Gasteiger partial charge on any atom is 0.227 e. The van der Waals surface area contributed by atoms with Crippen molar-refractivity contribution in [2.24, 2.45) is 5.92 Å². The van der Waals surface area contributed by atoms with Gasteiger partial charge in [0.25, 0.3) is 0 Å². The molecule has 1 aliphatic carbocycles. The molecule has 1 aliphatic heterocycles. The first-order chi connectivity index (χ1) is 16.2. The highest BCUT2D eigenvalue weighted by atomic mass is 16.1. The van der Waals surface area contributed by atoms with E-state index in [1.165, 1.54) is 6.42 Å². The summed E-state index contributed by atoms with van der Waals surface area (Å²) in [6.07, 6.45) is 9.65. The van der Waals surface area contributed by atoms with Crippen LogP contribution in [0.25, 0.3) is 23.1 Å². The van der Waals surface area contributed by atoms with E-state index in [1.54, 1.807) is 0 Å². The molecule has 0 spiro atoms. The van der Waals surface area contributed by atoms with Gasteiger partial charge >= 0.3 is 0 Å². The highest BCUT2D eigenvalue weighted by Gasteiger charge is 2.24. The third-order valence-corrected chi connectivity index (χ3v) is 7.02. The number of likely N-dealkylation sites (N-methyl/N-ethyl adjacent to an activating group) is 1. The summed E-state index contributed by atoms with van der Waals surface area (Å²) in [6, 6.07) is 14.5. The maximum absolute atomic E-state index is 13.1. The van der Waals surface area contributed by atoms with Gasteiger partial charge in [0, 0.05) is 37.5 Å². The average Bonchev–Trinajstić information content (AvgIpc) is 3.26. The number of hydrogen-bond donors (Lipinski definition) is 2. The summed E-state index contributed by atoms with van der Waals surface area (Å²) in [5.74, 6) is 0.283. The molecule has 6 heteroatoms. The molecule has 2 heterocycles. The zero-order valence-electron chi connectivity index (χ0n) is 19.4. The first kappa shape index (κ1) is 21.7. The van der Waals surface area contributed by atoms with Gasteiger partial charge in [0.2, 0.25) is 5.91 Å². The molecule has 2 N–H and O–H groups in total. The predicted molar refractivity (Wildman–Crippen MR) is 136 cm³/mol. The fourth-order valence-electron chi connectivity index (χ4n) is 4.95. The number of carbonyl (C=O) groups is 1. The maximum atomic E-state index is 13.1. The van der Waals surface area contributed by atoms with Gasteiger partial charge in [-0.15, -0.1) is 0 Å². The number of aromatic nitrogens is 2. The Morgan fingerprint density at radius 2 is 1.79 bits per heavy atom. The Balaban J connectivity index is 1.48. The average molecular weight is 444 g/mol. The van der Waals surface area contributed by atoms with Crippen molar-refractivity contribution >= 4 is 40.3 Å². The molecule has 33 heavy (non-hydrogen) atoms. The van der Waals surface area contributed by atoms with E-state index in [0.717, 1.165) is 85.4 Å². The van der Waals surface area contributed by atoms with E-state index >= 15 is 0 Å². The summed E-state index contributed by atoms with van der Waals surface area (Å²) < 4.78 is 0. The summed E-state index contributed by atoms with van der Waals surface area (Å²) in [4.78, 5) is 17.9. The van der Waals surface area contributed by atoms with E-state index in [0.29, 0.717) is 0 Å². The van der Waals surface area contributed by atoms with Crippen molar-refractivity contribution in [2.45, 2.75) is 32.1 Å². The van der Waals surface area contributed by atoms with Crippen molar-refractivity contribution in [1.29, 1.82) is 0 Å². The van der Waals surface area contributed by atoms with E-state index in [4.69, 9.17) is 0 Å². The fourth-order valence-corrected chi connectivity index (χ4v) is 4.95. The topological polar surface area (TPSA) is 64.3 Å². The first-order valence-corrected chi connectivity index (χ1v) is 12.2. The van der Waals surface area contributed by atoms with E-state index in [9.17, 15) is 4.79 Å². The minimum Gasteiger partial charge on any atom is -0.367 e. The second-order valence-electron chi connectivity index (χ2n) is 9.38. The molecule has 172 valence electrons. The van der Waals surface area contributed by atoms with Crippen LogP contribution in [0.4, 0.5) is 11.4 Å². The van der Waals surface area contributed by atoms with Gasteiger partial charge in [-0.3, -0.25) is 9.89 Å². The lowest BCUT2D eigenvalue weighted by atomic mass is 9.88. The van der Waals surface area contributed by atoms with Crippen molar-refractivity contribution in [3.8, 4) is 0 Å². The van der Waals surface area contributed by atoms with Crippen LogP contribution in [0, 0.1) is 5.92 Å². The molecular formula is C27H33N5O. The standard InChI is InChI=1S/C27H33N5O/c1-31-14-16-32(17-15-31)26-19-24-22(18-25(26)28-27(33)21-10-6-3-7-11-21)23(29-30-24)13-12-20-8-4-2-5-9-20/h2,4-5,8-9,12-13,18-19,21H,3,6-7,10-11,14-17H2,1H3,(H,28,33)(H,29,30). The Morgan fingerprint density at radius 1 is 1.03 bits per heavy atom. The van der Waals surface area contributed by atoms with Crippen LogP contribution < -0.4 is 10.2 Å². The van der Waals surface area contributed by atoms with Crippen molar-refractivity contribution in [1.82, 2.24) is 15.1 Å². The molecule has 1 saturated heterocycles. The zero-order chi connectivity index (χ0) is 22.6. The van der Waals surface area contributed by atoms with Gasteiger partial charge in [0.05, 0.1) is 22.6 Å². The van der Waals surface area contributed by atoms with Crippen LogP contribution in [0.15, 0.2) is 42.5 Å². The summed E-state index contributed by atoms with van der Waals surface area (Å²) in [5.41, 5.74) is 4.99. The number of piperazine rings is 1. The molecule has 2 aliphatic rings. The number of rotatable bonds is 5. The number of hydrogen-bond acceptors (Lipinski definition) is 4. The van der Waals surface area contributed by atoms with Crippen LogP contribution in [0.3, 0.4) is 0 Å². The lowest BCUT2D eigenvalue weighted by molar-refractivity contribution is -0.120. The molecule has 0 radical (unpaired) electrons. The van der Waals surface area contributed by atoms with Gasteiger partial charge in [-0.25, -0.2) is 0 Å². The fraction of sp³-hybridized carbons (Fsp3) is 0.407. The van der Waals surface area contributed by atoms with Gasteiger partial charge < -0.3 is 15.1 Å². The Kier molecular flexibility index (Phi) is 6.44. The van der Waals surface area contributed by atoms with Crippen LogP contribution in [-0.2, 0) is 4.79 Å². The lowest BCUT2D eigenvalue weighted by Crippen LogP contribution is -2.44. The number of nitrogens with zero attached hydrogens (tertiary/aromatic N) is 3. The lowest BCUT2D eigenvalue weighted by Gasteiger charge is -2.35. The molecule has 2 fully saturated rings. The number of aromatic amines is 1. The summed E-state index contributed by atoms with van der Waals surface area (Å²) in [7, 11) is 2.16. The van der Waals surface area contributed by atoms with Crippen molar-refractivity contribution < 1.29 is 4.79 Å². The number of fused-ring (bicyclic) bond motifs is 1. The van der Waals surface area contributed by atoms with Crippen LogP contribution in [0.2, 0.25) is 0 Å². The Morgan fingerprint density at radius 3 is 2.55 bits per heavy atom. The van der Waals surface area contributed by atoms with Gasteiger partial charge in [0.15, 0.2) is 0 Å². The highest BCUT2D eigenvalue weighted by molar-refractivity contribution is 6.02. The third-order valence-electron chi connectivity index (χ3n) is 7.02. The van der Waals surface area contributed by atoms with Gasteiger partial charge in [0.1, 0.15) is 0 Å². The van der Waals surface area contributed by atoms with Crippen molar-refractivity contribution in [2.75, 3.05) is 43.4 Å². The van der Waals surface area contributed by atoms with E-state index < -0.39 is 0 Å². The van der Waals surface area contributed by atoms with Crippen LogP contribution in [0.1, 0.15) is 43.4 Å². The zero-order valence-corrected chi connectivity index (χ0v) is 19.4. The summed E-state index contributed by atoms with van der Waals surface area (Å²) in [5, 5.41) is 12.1. The second kappa shape index (κ2) is 9.79. The van der Waals surface area contributed by atoms with Crippen molar-refractivity contribution in [3.63, 3.8) is 0 Å². The smallest absolute Gasteiger partial charge is 0.227 e. The minimum atomic E-state index is 0.122. The number of carbonyl (C=O) groups excluding carboxylic acids is 1. The second-order valence-corrected chi connectivity index (χ2v) is 9.38. The van der Waals surface area contributed by atoms with Crippen molar-refractivity contribution in [3.05, 3.63) is 53.7 Å². The monoisotopic (exact) mass is 443 g/mol. The third kappa shape index (κ3) is 4.96. The molecular weight excluding hydrogens is 410 g/mol. The predicted octanol–water partition coefficient (Wildman–Crippen LogP) is 5.00. The molecule has 1 amide bonds. The molecule has 0 unspecified atom stereocenters. The highest BCUT2D eigenvalue weighted by Crippen LogP contribution is 2.34. The molecule has 0 atom stereocenters. The number of H-pyrrole nitrogens is 1. The SMILES string of the molecule is CN1CCN(c2cc3[nH]nc(C=Cc4ccccc4)c3cc2NC(=O)C2CCCCC2)CC1. The number of amides is 1. The minimum absolute atomic E-state index is 0.122. The number of benzene rings is 2. The normalized spacial score (nSPS) is 18.3. The molecule has 1 aromatic heterocycles. The van der Waals surface area contributed by atoms with Crippen LogP contribution >= 0.6 is 0 Å². The molecule has 6 nitrogen and oxygen atoms in total. The van der Waals surface area contributed by atoms with E-state index in [-0.39, 0.29) is 11.8 Å². The largest absolute Gasteiger partial charge is 0.367 e. The van der Waals surface area contributed by atoms with E-state index in [1.807, 2.05) is 24.3 Å². The van der Waals surface area contributed by atoms with Gasteiger partial charge in [-0.1, -0.05) is 55.7 Å². The van der Waals surface area contributed by atoms with Crippen LogP contribution in [-0.4, -0.2) is 54.2 Å². The Labute approximate surface area is 195 Å². The summed E-state index contributed by atoms with van der Waals surface area (Å²) in [6.45, 7) is 3.93. The van der Waals surface area contributed by atoms with Crippen LogP contribution in [0.5, 0.6) is 0 Å². The van der Waals surface area contributed by atoms with E-state index in [2.05, 4.69) is 62.7 Å². The summed E-state index contributed by atoms with van der Waals surface area (Å²) >= 11 is 0.